The van der Waals surface area contributed by atoms with Crippen molar-refractivity contribution in [1.29, 1.82) is 0 Å². The van der Waals surface area contributed by atoms with Crippen molar-refractivity contribution in [1.82, 2.24) is 19.7 Å². The number of imidazole rings is 1. The first-order valence-corrected chi connectivity index (χ1v) is 12.3. The van der Waals surface area contributed by atoms with Crippen LogP contribution >= 0.6 is 0 Å². The van der Waals surface area contributed by atoms with Gasteiger partial charge in [-0.05, 0) is 56.0 Å². The number of hydrogen-bond donors (Lipinski definition) is 2. The molecule has 0 bridgehead atoms. The number of aromatic nitrogens is 3. The molecule has 0 spiro atoms. The normalized spacial score (nSPS) is 17.6. The smallest absolute Gasteiger partial charge is 0.150 e. The van der Waals surface area contributed by atoms with E-state index in [-0.39, 0.29) is 0 Å². The fraction of sp³-hybridized carbons (Fsp3) is 0.357. The fourth-order valence-corrected chi connectivity index (χ4v) is 4.77. The summed E-state index contributed by atoms with van der Waals surface area (Å²) < 4.78 is 8.20. The summed E-state index contributed by atoms with van der Waals surface area (Å²) in [4.78, 5) is 9.47. The zero-order valence-corrected chi connectivity index (χ0v) is 19.8. The second kappa shape index (κ2) is 10.3. The zero-order chi connectivity index (χ0) is 23.3. The van der Waals surface area contributed by atoms with Crippen molar-refractivity contribution in [3.05, 3.63) is 78.4 Å². The molecule has 6 nitrogen and oxygen atoms in total. The third-order valence-corrected chi connectivity index (χ3v) is 6.71. The molecule has 0 radical (unpaired) electrons. The van der Waals surface area contributed by atoms with Crippen LogP contribution in [0.1, 0.15) is 49.9 Å². The number of rotatable bonds is 10. The SMILES string of the molecule is CCCCNCC1CC(c2nc(-c3cccc(OCc4ccccc4)c3)c3c(N)nccn23)C1. The quantitative estimate of drug-likeness (QED) is 0.311. The van der Waals surface area contributed by atoms with E-state index in [4.69, 9.17) is 15.5 Å². The molecule has 0 aliphatic heterocycles. The molecular weight excluding hydrogens is 422 g/mol. The Hall–Kier alpha value is -3.38. The van der Waals surface area contributed by atoms with Gasteiger partial charge in [0.2, 0.25) is 0 Å². The molecule has 2 aromatic heterocycles. The molecule has 1 aliphatic carbocycles. The Kier molecular flexibility index (Phi) is 6.77. The fourth-order valence-electron chi connectivity index (χ4n) is 4.77. The van der Waals surface area contributed by atoms with Gasteiger partial charge in [0, 0.05) is 23.9 Å². The lowest BCUT2D eigenvalue weighted by atomic mass is 9.74. The molecule has 0 atom stereocenters. The van der Waals surface area contributed by atoms with Crippen molar-refractivity contribution in [2.45, 2.75) is 45.1 Å². The van der Waals surface area contributed by atoms with Crippen LogP contribution < -0.4 is 15.8 Å². The third kappa shape index (κ3) is 4.77. The molecule has 1 aliphatic rings. The van der Waals surface area contributed by atoms with Gasteiger partial charge in [-0.2, -0.15) is 0 Å². The maximum Gasteiger partial charge on any atom is 0.150 e. The molecule has 6 heteroatoms. The average Bonchev–Trinajstić information content (AvgIpc) is 3.23. The minimum Gasteiger partial charge on any atom is -0.489 e. The number of nitrogens with one attached hydrogen (secondary N) is 1. The molecule has 2 heterocycles. The Morgan fingerprint density at radius 2 is 1.97 bits per heavy atom. The Bertz CT molecular complexity index is 1230. The molecule has 0 saturated heterocycles. The Morgan fingerprint density at radius 3 is 2.79 bits per heavy atom. The zero-order valence-electron chi connectivity index (χ0n) is 19.8. The van der Waals surface area contributed by atoms with Gasteiger partial charge in [0.05, 0.1) is 0 Å². The number of benzene rings is 2. The van der Waals surface area contributed by atoms with Crippen LogP contribution in [-0.2, 0) is 6.61 Å². The second-order valence-corrected chi connectivity index (χ2v) is 9.24. The lowest BCUT2D eigenvalue weighted by Gasteiger charge is -2.34. The highest BCUT2D eigenvalue weighted by molar-refractivity contribution is 5.85. The molecule has 34 heavy (non-hydrogen) atoms. The first kappa shape index (κ1) is 22.4. The van der Waals surface area contributed by atoms with E-state index in [0.29, 0.717) is 24.3 Å². The number of unbranched alkanes of at least 4 members (excludes halogenated alkanes) is 1. The number of fused-ring (bicyclic) bond motifs is 1. The van der Waals surface area contributed by atoms with Crippen molar-refractivity contribution in [3.8, 4) is 17.0 Å². The van der Waals surface area contributed by atoms with Crippen LogP contribution in [0.4, 0.5) is 5.82 Å². The molecule has 2 aromatic carbocycles. The minimum absolute atomic E-state index is 0.443. The number of ether oxygens (including phenoxy) is 1. The monoisotopic (exact) mass is 455 g/mol. The van der Waals surface area contributed by atoms with E-state index in [0.717, 1.165) is 59.8 Å². The molecular formula is C28H33N5O. The summed E-state index contributed by atoms with van der Waals surface area (Å²) in [6, 6.07) is 18.3. The highest BCUT2D eigenvalue weighted by atomic mass is 16.5. The maximum atomic E-state index is 6.35. The molecule has 5 rings (SSSR count). The van der Waals surface area contributed by atoms with Crippen molar-refractivity contribution in [2.24, 2.45) is 5.92 Å². The van der Waals surface area contributed by atoms with E-state index in [1.54, 1.807) is 6.20 Å². The maximum absolute atomic E-state index is 6.35. The van der Waals surface area contributed by atoms with Gasteiger partial charge in [0.15, 0.2) is 0 Å². The van der Waals surface area contributed by atoms with Gasteiger partial charge in [-0.25, -0.2) is 9.97 Å². The summed E-state index contributed by atoms with van der Waals surface area (Å²) >= 11 is 0. The van der Waals surface area contributed by atoms with E-state index in [1.165, 1.54) is 12.8 Å². The summed E-state index contributed by atoms with van der Waals surface area (Å²) in [5.41, 5.74) is 10.2. The van der Waals surface area contributed by atoms with Crippen LogP contribution in [0.15, 0.2) is 67.0 Å². The standard InChI is InChI=1S/C28H33N5O/c1-2-3-12-30-18-21-15-23(16-21)28-32-25(26-27(29)31-13-14-33(26)28)22-10-7-11-24(17-22)34-19-20-8-5-4-6-9-20/h4-11,13-14,17,21,23,30H,2-3,12,15-16,18-19H2,1H3,(H2,29,31). The molecule has 1 fully saturated rings. The first-order valence-electron chi connectivity index (χ1n) is 12.3. The number of nitrogens with zero attached hydrogens (tertiary/aromatic N) is 3. The molecule has 176 valence electrons. The molecule has 0 unspecified atom stereocenters. The van der Waals surface area contributed by atoms with Crippen LogP contribution in [0.3, 0.4) is 0 Å². The van der Waals surface area contributed by atoms with Gasteiger partial charge in [0.1, 0.15) is 35.2 Å². The number of hydrogen-bond acceptors (Lipinski definition) is 5. The lowest BCUT2D eigenvalue weighted by molar-refractivity contribution is 0.245. The van der Waals surface area contributed by atoms with Gasteiger partial charge >= 0.3 is 0 Å². The van der Waals surface area contributed by atoms with Gasteiger partial charge in [-0.15, -0.1) is 0 Å². The van der Waals surface area contributed by atoms with Crippen molar-refractivity contribution >= 4 is 11.3 Å². The predicted octanol–water partition coefficient (Wildman–Crippen LogP) is 5.44. The molecule has 3 N–H and O–H groups in total. The first-order chi connectivity index (χ1) is 16.7. The van der Waals surface area contributed by atoms with E-state index in [2.05, 4.69) is 39.8 Å². The van der Waals surface area contributed by atoms with Gasteiger partial charge < -0.3 is 15.8 Å². The van der Waals surface area contributed by atoms with E-state index in [9.17, 15) is 0 Å². The lowest BCUT2D eigenvalue weighted by Crippen LogP contribution is -2.33. The average molecular weight is 456 g/mol. The Morgan fingerprint density at radius 1 is 1.12 bits per heavy atom. The number of anilines is 1. The van der Waals surface area contributed by atoms with Crippen LogP contribution in [0.2, 0.25) is 0 Å². The summed E-state index contributed by atoms with van der Waals surface area (Å²) in [7, 11) is 0. The van der Waals surface area contributed by atoms with Gasteiger partial charge in [-0.3, -0.25) is 4.40 Å². The summed E-state index contributed by atoms with van der Waals surface area (Å²) in [6.45, 7) is 4.96. The van der Waals surface area contributed by atoms with E-state index in [1.807, 2.05) is 42.6 Å². The van der Waals surface area contributed by atoms with Crippen LogP contribution in [0.25, 0.3) is 16.8 Å². The molecule has 1 saturated carbocycles. The van der Waals surface area contributed by atoms with Gasteiger partial charge in [0.25, 0.3) is 0 Å². The minimum atomic E-state index is 0.443. The van der Waals surface area contributed by atoms with Crippen LogP contribution in [0.5, 0.6) is 5.75 Å². The Labute approximate surface area is 201 Å². The molecule has 0 amide bonds. The highest BCUT2D eigenvalue weighted by Crippen LogP contribution is 2.43. The highest BCUT2D eigenvalue weighted by Gasteiger charge is 2.34. The van der Waals surface area contributed by atoms with Crippen LogP contribution in [-0.4, -0.2) is 27.5 Å². The van der Waals surface area contributed by atoms with Crippen molar-refractivity contribution in [3.63, 3.8) is 0 Å². The van der Waals surface area contributed by atoms with Crippen LogP contribution in [0, 0.1) is 5.92 Å². The van der Waals surface area contributed by atoms with Gasteiger partial charge in [-0.1, -0.05) is 55.8 Å². The third-order valence-electron chi connectivity index (χ3n) is 6.71. The van der Waals surface area contributed by atoms with E-state index < -0.39 is 0 Å². The van der Waals surface area contributed by atoms with Crippen molar-refractivity contribution in [2.75, 3.05) is 18.8 Å². The summed E-state index contributed by atoms with van der Waals surface area (Å²) in [6.07, 6.45) is 8.53. The predicted molar refractivity (Wildman–Crippen MR) is 137 cm³/mol. The summed E-state index contributed by atoms with van der Waals surface area (Å²) in [5, 5.41) is 3.60. The Balaban J connectivity index is 1.36. The molecule has 4 aromatic rings. The largest absolute Gasteiger partial charge is 0.489 e. The van der Waals surface area contributed by atoms with E-state index >= 15 is 0 Å². The second-order valence-electron chi connectivity index (χ2n) is 9.24. The number of nitrogen functional groups attached to an aromatic ring is 1. The summed E-state index contributed by atoms with van der Waals surface area (Å²) in [5.74, 6) is 3.56. The van der Waals surface area contributed by atoms with Crippen molar-refractivity contribution < 1.29 is 4.74 Å². The topological polar surface area (TPSA) is 77.5 Å². The number of nitrogens with two attached hydrogens (primary N) is 1.